The van der Waals surface area contributed by atoms with E-state index in [4.69, 9.17) is 9.47 Å². The van der Waals surface area contributed by atoms with Crippen LogP contribution in [0.25, 0.3) is 0 Å². The molecule has 1 aromatic carbocycles. The molecule has 3 rings (SSSR count). The summed E-state index contributed by atoms with van der Waals surface area (Å²) in [6.45, 7) is 4.16. The summed E-state index contributed by atoms with van der Waals surface area (Å²) in [6, 6.07) is 11.1. The average Bonchev–Trinajstić information content (AvgIpc) is 2.70. The van der Waals surface area contributed by atoms with E-state index in [-0.39, 0.29) is 12.1 Å². The van der Waals surface area contributed by atoms with Crippen LogP contribution in [0.2, 0.25) is 0 Å². The van der Waals surface area contributed by atoms with Crippen molar-refractivity contribution in [3.05, 3.63) is 48.8 Å². The second kappa shape index (κ2) is 9.80. The van der Waals surface area contributed by atoms with Gasteiger partial charge in [-0.05, 0) is 55.7 Å². The number of amides is 2. The second-order valence-corrected chi connectivity index (χ2v) is 6.67. The summed E-state index contributed by atoms with van der Waals surface area (Å²) in [5.41, 5.74) is 0.764. The highest BCUT2D eigenvalue weighted by atomic mass is 16.5. The third kappa shape index (κ3) is 5.88. The van der Waals surface area contributed by atoms with Crippen molar-refractivity contribution < 1.29 is 14.3 Å². The normalized spacial score (nSPS) is 16.6. The van der Waals surface area contributed by atoms with Crippen molar-refractivity contribution in [3.63, 3.8) is 0 Å². The second-order valence-electron chi connectivity index (χ2n) is 6.67. The van der Waals surface area contributed by atoms with Gasteiger partial charge in [-0.15, -0.1) is 0 Å². The van der Waals surface area contributed by atoms with Gasteiger partial charge in [0.05, 0.1) is 13.2 Å². The lowest BCUT2D eigenvalue weighted by Gasteiger charge is -2.32. The summed E-state index contributed by atoms with van der Waals surface area (Å²) >= 11 is 0. The Morgan fingerprint density at radius 3 is 2.70 bits per heavy atom. The van der Waals surface area contributed by atoms with Crippen molar-refractivity contribution in [2.24, 2.45) is 0 Å². The topological polar surface area (TPSA) is 63.7 Å². The smallest absolute Gasteiger partial charge is 0.321 e. The SMILES string of the molecule is CCCCOc1ccc(NC(=O)N2CCCC(Oc3ccncc3)C2)cc1. The molecule has 0 aliphatic carbocycles. The van der Waals surface area contributed by atoms with E-state index in [1.54, 1.807) is 17.3 Å². The molecule has 0 radical (unpaired) electrons. The van der Waals surface area contributed by atoms with Gasteiger partial charge in [0, 0.05) is 24.6 Å². The minimum absolute atomic E-state index is 0.00115. The fourth-order valence-corrected chi connectivity index (χ4v) is 3.00. The molecular formula is C21H27N3O3. The number of aromatic nitrogens is 1. The van der Waals surface area contributed by atoms with Crippen LogP contribution in [-0.4, -0.2) is 41.7 Å². The minimum atomic E-state index is -0.0994. The lowest BCUT2D eigenvalue weighted by atomic mass is 10.1. The number of ether oxygens (including phenoxy) is 2. The molecule has 1 unspecified atom stereocenters. The molecule has 1 fully saturated rings. The largest absolute Gasteiger partial charge is 0.494 e. The maximum Gasteiger partial charge on any atom is 0.321 e. The molecule has 1 aromatic heterocycles. The predicted molar refractivity (Wildman–Crippen MR) is 105 cm³/mol. The first-order valence-electron chi connectivity index (χ1n) is 9.60. The van der Waals surface area contributed by atoms with Crippen LogP contribution in [0.3, 0.4) is 0 Å². The summed E-state index contributed by atoms with van der Waals surface area (Å²) < 4.78 is 11.6. The van der Waals surface area contributed by atoms with Gasteiger partial charge in [-0.2, -0.15) is 0 Å². The van der Waals surface area contributed by atoms with Gasteiger partial charge >= 0.3 is 6.03 Å². The highest BCUT2D eigenvalue weighted by Gasteiger charge is 2.25. The van der Waals surface area contributed by atoms with E-state index in [2.05, 4.69) is 17.2 Å². The molecule has 1 aliphatic heterocycles. The maximum absolute atomic E-state index is 12.6. The van der Waals surface area contributed by atoms with Crippen molar-refractivity contribution >= 4 is 11.7 Å². The van der Waals surface area contributed by atoms with E-state index in [1.165, 1.54) is 0 Å². The fraction of sp³-hybridized carbons (Fsp3) is 0.429. The first kappa shape index (κ1) is 19.0. The number of hydrogen-bond acceptors (Lipinski definition) is 4. The lowest BCUT2D eigenvalue weighted by molar-refractivity contribution is 0.106. The number of unbranched alkanes of at least 4 members (excludes halogenated alkanes) is 1. The zero-order valence-corrected chi connectivity index (χ0v) is 15.8. The molecule has 1 aliphatic rings. The van der Waals surface area contributed by atoms with Crippen LogP contribution in [0.1, 0.15) is 32.6 Å². The van der Waals surface area contributed by atoms with Crippen molar-refractivity contribution in [3.8, 4) is 11.5 Å². The molecule has 1 saturated heterocycles. The van der Waals surface area contributed by atoms with E-state index in [0.717, 1.165) is 56.0 Å². The Hall–Kier alpha value is -2.76. The molecule has 27 heavy (non-hydrogen) atoms. The van der Waals surface area contributed by atoms with Gasteiger partial charge < -0.3 is 19.7 Å². The van der Waals surface area contributed by atoms with Crippen molar-refractivity contribution in [2.75, 3.05) is 25.0 Å². The van der Waals surface area contributed by atoms with Crippen LogP contribution < -0.4 is 14.8 Å². The number of pyridine rings is 1. The van der Waals surface area contributed by atoms with Crippen LogP contribution in [0.4, 0.5) is 10.5 Å². The molecule has 1 N–H and O–H groups in total. The molecule has 6 heteroatoms. The Bertz CT molecular complexity index is 706. The number of anilines is 1. The van der Waals surface area contributed by atoms with E-state index >= 15 is 0 Å². The first-order valence-corrected chi connectivity index (χ1v) is 9.60. The third-order valence-electron chi connectivity index (χ3n) is 4.49. The van der Waals surface area contributed by atoms with Gasteiger partial charge in [0.15, 0.2) is 0 Å². The number of benzene rings is 1. The van der Waals surface area contributed by atoms with Crippen LogP contribution in [0.5, 0.6) is 11.5 Å². The van der Waals surface area contributed by atoms with Crippen molar-refractivity contribution in [1.29, 1.82) is 0 Å². The number of carbonyl (C=O) groups excluding carboxylic acids is 1. The van der Waals surface area contributed by atoms with Crippen molar-refractivity contribution in [2.45, 2.75) is 38.7 Å². The summed E-state index contributed by atoms with van der Waals surface area (Å²) in [7, 11) is 0. The Morgan fingerprint density at radius 2 is 1.96 bits per heavy atom. The number of urea groups is 1. The first-order chi connectivity index (χ1) is 13.2. The number of carbonyl (C=O) groups is 1. The Morgan fingerprint density at radius 1 is 1.19 bits per heavy atom. The summed E-state index contributed by atoms with van der Waals surface area (Å²) in [4.78, 5) is 18.4. The van der Waals surface area contributed by atoms with E-state index in [0.29, 0.717) is 6.54 Å². The molecule has 2 aromatic rings. The monoisotopic (exact) mass is 369 g/mol. The predicted octanol–water partition coefficient (Wildman–Crippen LogP) is 4.34. The molecule has 0 bridgehead atoms. The number of hydrogen-bond donors (Lipinski definition) is 1. The quantitative estimate of drug-likeness (QED) is 0.738. The molecule has 0 saturated carbocycles. The number of piperidine rings is 1. The molecule has 144 valence electrons. The van der Waals surface area contributed by atoms with Crippen LogP contribution in [0.15, 0.2) is 48.8 Å². The van der Waals surface area contributed by atoms with E-state index in [9.17, 15) is 4.79 Å². The van der Waals surface area contributed by atoms with Crippen molar-refractivity contribution in [1.82, 2.24) is 9.88 Å². The maximum atomic E-state index is 12.6. The van der Waals surface area contributed by atoms with Gasteiger partial charge in [0.2, 0.25) is 0 Å². The van der Waals surface area contributed by atoms with E-state index < -0.39 is 0 Å². The molecule has 2 amide bonds. The Kier molecular flexibility index (Phi) is 6.90. The van der Waals surface area contributed by atoms with Crippen LogP contribution in [-0.2, 0) is 0 Å². The molecule has 1 atom stereocenters. The molecular weight excluding hydrogens is 342 g/mol. The highest BCUT2D eigenvalue weighted by Crippen LogP contribution is 2.20. The van der Waals surface area contributed by atoms with Gasteiger partial charge in [-0.1, -0.05) is 13.3 Å². The number of rotatable bonds is 7. The number of nitrogens with one attached hydrogen (secondary N) is 1. The van der Waals surface area contributed by atoms with E-state index in [1.807, 2.05) is 36.4 Å². The summed E-state index contributed by atoms with van der Waals surface area (Å²) in [6.07, 6.45) is 7.42. The number of likely N-dealkylation sites (tertiary alicyclic amines) is 1. The fourth-order valence-electron chi connectivity index (χ4n) is 3.00. The van der Waals surface area contributed by atoms with Gasteiger partial charge in [0.25, 0.3) is 0 Å². The zero-order chi connectivity index (χ0) is 18.9. The van der Waals surface area contributed by atoms with Gasteiger partial charge in [-0.3, -0.25) is 4.98 Å². The zero-order valence-electron chi connectivity index (χ0n) is 15.8. The molecule has 0 spiro atoms. The minimum Gasteiger partial charge on any atom is -0.494 e. The molecule has 6 nitrogen and oxygen atoms in total. The Labute approximate surface area is 160 Å². The van der Waals surface area contributed by atoms with Crippen LogP contribution >= 0.6 is 0 Å². The average molecular weight is 369 g/mol. The third-order valence-corrected chi connectivity index (χ3v) is 4.49. The Balaban J connectivity index is 1.49. The summed E-state index contributed by atoms with van der Waals surface area (Å²) in [5, 5.41) is 2.96. The molecule has 2 heterocycles. The summed E-state index contributed by atoms with van der Waals surface area (Å²) in [5.74, 6) is 1.61. The van der Waals surface area contributed by atoms with Gasteiger partial charge in [0.1, 0.15) is 17.6 Å². The lowest BCUT2D eigenvalue weighted by Crippen LogP contribution is -2.46. The number of nitrogens with zero attached hydrogens (tertiary/aromatic N) is 2. The standard InChI is InChI=1S/C21H27N3O3/c1-2-3-15-26-18-8-6-17(7-9-18)23-21(25)24-14-4-5-20(16-24)27-19-10-12-22-13-11-19/h6-13,20H,2-5,14-16H2,1H3,(H,23,25). The van der Waals surface area contributed by atoms with Crippen LogP contribution in [0, 0.1) is 0 Å². The van der Waals surface area contributed by atoms with Gasteiger partial charge in [-0.25, -0.2) is 4.79 Å². The highest BCUT2D eigenvalue weighted by molar-refractivity contribution is 5.89.